The average molecular weight is 492 g/mol. The fourth-order valence-electron chi connectivity index (χ4n) is 2.52. The molecule has 0 aliphatic heterocycles. The highest BCUT2D eigenvalue weighted by Crippen LogP contribution is 2.17. The number of guanidine groups is 1. The number of aromatic nitrogens is 1. The summed E-state index contributed by atoms with van der Waals surface area (Å²) in [6, 6.07) is 17.7. The molecule has 0 spiro atoms. The minimum atomic E-state index is 0. The summed E-state index contributed by atoms with van der Waals surface area (Å²) in [4.78, 5) is 9.14. The smallest absolute Gasteiger partial charge is 0.226 e. The van der Waals surface area contributed by atoms with Crippen LogP contribution in [-0.4, -0.2) is 24.6 Å². The molecular weight excluding hydrogens is 467 g/mol. The van der Waals surface area contributed by atoms with Gasteiger partial charge in [0.1, 0.15) is 12.0 Å². The van der Waals surface area contributed by atoms with Crippen LogP contribution >= 0.6 is 24.0 Å². The lowest BCUT2D eigenvalue weighted by molar-refractivity contribution is 0.414. The minimum absolute atomic E-state index is 0. The van der Waals surface area contributed by atoms with Crippen LogP contribution in [0.3, 0.4) is 0 Å². The molecule has 0 fully saturated rings. The molecule has 28 heavy (non-hydrogen) atoms. The maximum absolute atomic E-state index is 5.57. The van der Waals surface area contributed by atoms with E-state index in [4.69, 9.17) is 9.15 Å². The summed E-state index contributed by atoms with van der Waals surface area (Å²) in [5, 5.41) is 6.53. The molecule has 6 nitrogen and oxygen atoms in total. The maximum Gasteiger partial charge on any atom is 0.226 e. The Morgan fingerprint density at radius 1 is 1.07 bits per heavy atom. The van der Waals surface area contributed by atoms with E-state index in [1.165, 1.54) is 0 Å². The van der Waals surface area contributed by atoms with Gasteiger partial charge in [-0.25, -0.2) is 9.98 Å². The molecule has 1 heterocycles. The number of aliphatic imine (C=N–C) groups is 1. The predicted molar refractivity (Wildman–Crippen MR) is 122 cm³/mol. The Bertz CT molecular complexity index is 864. The number of nitrogens with one attached hydrogen (secondary N) is 2. The number of oxazole rings is 1. The molecule has 0 aliphatic carbocycles. The van der Waals surface area contributed by atoms with Crippen LogP contribution in [0.15, 0.2) is 70.3 Å². The van der Waals surface area contributed by atoms with Crippen LogP contribution in [0.2, 0.25) is 0 Å². The van der Waals surface area contributed by atoms with Gasteiger partial charge in [-0.2, -0.15) is 0 Å². The fourth-order valence-corrected chi connectivity index (χ4v) is 2.52. The summed E-state index contributed by atoms with van der Waals surface area (Å²) in [7, 11) is 1.66. The van der Waals surface area contributed by atoms with Gasteiger partial charge in [0.05, 0.1) is 25.9 Å². The first-order valence-electron chi connectivity index (χ1n) is 8.93. The summed E-state index contributed by atoms with van der Waals surface area (Å²) >= 11 is 0. The molecule has 148 valence electrons. The van der Waals surface area contributed by atoms with Gasteiger partial charge >= 0.3 is 0 Å². The van der Waals surface area contributed by atoms with Gasteiger partial charge in [0.15, 0.2) is 5.96 Å². The van der Waals surface area contributed by atoms with E-state index in [2.05, 4.69) is 20.6 Å². The highest BCUT2D eigenvalue weighted by Gasteiger charge is 2.07. The Hall–Kier alpha value is -2.55. The number of halogens is 1. The van der Waals surface area contributed by atoms with Crippen molar-refractivity contribution in [2.75, 3.05) is 13.7 Å². The summed E-state index contributed by atoms with van der Waals surface area (Å²) in [5.74, 6) is 2.19. The van der Waals surface area contributed by atoms with Crippen molar-refractivity contribution >= 4 is 29.9 Å². The van der Waals surface area contributed by atoms with Crippen LogP contribution in [-0.2, 0) is 13.1 Å². The standard InChI is InChI=1S/C21H24N4O2.HI/c1-3-22-21(23-13-16-9-11-19(26-2)12-10-16)24-14-18-15-27-20(25-18)17-7-5-4-6-8-17;/h4-12,15H,3,13-14H2,1-2H3,(H2,22,23,24);1H. The number of hydrogen-bond acceptors (Lipinski definition) is 4. The van der Waals surface area contributed by atoms with Crippen LogP contribution in [0.4, 0.5) is 0 Å². The van der Waals surface area contributed by atoms with E-state index in [0.717, 1.165) is 35.1 Å². The number of rotatable bonds is 7. The van der Waals surface area contributed by atoms with E-state index in [1.54, 1.807) is 13.4 Å². The van der Waals surface area contributed by atoms with Crippen molar-refractivity contribution in [2.45, 2.75) is 20.0 Å². The minimum Gasteiger partial charge on any atom is -0.497 e. The van der Waals surface area contributed by atoms with Crippen molar-refractivity contribution in [3.63, 3.8) is 0 Å². The van der Waals surface area contributed by atoms with Gasteiger partial charge in [0.2, 0.25) is 5.89 Å². The van der Waals surface area contributed by atoms with E-state index >= 15 is 0 Å². The Labute approximate surface area is 182 Å². The molecule has 0 saturated heterocycles. The SMILES string of the molecule is CCNC(=NCc1ccc(OC)cc1)NCc1coc(-c2ccccc2)n1.I. The normalized spacial score (nSPS) is 10.9. The third-order valence-electron chi connectivity index (χ3n) is 3.93. The predicted octanol–water partition coefficient (Wildman–Crippen LogP) is 4.22. The summed E-state index contributed by atoms with van der Waals surface area (Å²) < 4.78 is 10.7. The van der Waals surface area contributed by atoms with Crippen molar-refractivity contribution in [3.05, 3.63) is 72.1 Å². The third-order valence-corrected chi connectivity index (χ3v) is 3.93. The largest absolute Gasteiger partial charge is 0.497 e. The molecule has 0 amide bonds. The zero-order valence-electron chi connectivity index (χ0n) is 16.0. The number of nitrogens with zero attached hydrogens (tertiary/aromatic N) is 2. The monoisotopic (exact) mass is 492 g/mol. The molecule has 2 N–H and O–H groups in total. The van der Waals surface area contributed by atoms with Gasteiger partial charge in [-0.1, -0.05) is 30.3 Å². The molecule has 1 aromatic heterocycles. The molecule has 0 radical (unpaired) electrons. The molecule has 7 heteroatoms. The molecule has 0 aliphatic rings. The van der Waals surface area contributed by atoms with Gasteiger partial charge in [-0.15, -0.1) is 24.0 Å². The molecule has 3 aromatic rings. The highest BCUT2D eigenvalue weighted by molar-refractivity contribution is 14.0. The van der Waals surface area contributed by atoms with E-state index in [1.807, 2.05) is 61.5 Å². The van der Waals surface area contributed by atoms with Crippen molar-refractivity contribution in [1.29, 1.82) is 0 Å². The Kier molecular flexibility index (Phi) is 8.80. The Morgan fingerprint density at radius 3 is 2.50 bits per heavy atom. The first-order chi connectivity index (χ1) is 13.3. The fraction of sp³-hybridized carbons (Fsp3) is 0.238. The maximum atomic E-state index is 5.57. The third kappa shape index (κ3) is 6.26. The Balaban J connectivity index is 0.00000280. The van der Waals surface area contributed by atoms with Crippen LogP contribution in [0.1, 0.15) is 18.2 Å². The topological polar surface area (TPSA) is 71.7 Å². The number of benzene rings is 2. The lowest BCUT2D eigenvalue weighted by Gasteiger charge is -2.10. The van der Waals surface area contributed by atoms with Gasteiger partial charge in [0, 0.05) is 12.1 Å². The van der Waals surface area contributed by atoms with Crippen molar-refractivity contribution in [2.24, 2.45) is 4.99 Å². The van der Waals surface area contributed by atoms with Crippen LogP contribution in [0.25, 0.3) is 11.5 Å². The van der Waals surface area contributed by atoms with Crippen molar-refractivity contribution in [1.82, 2.24) is 15.6 Å². The van der Waals surface area contributed by atoms with Crippen molar-refractivity contribution < 1.29 is 9.15 Å². The summed E-state index contributed by atoms with van der Waals surface area (Å²) in [6.07, 6.45) is 1.67. The molecule has 0 saturated carbocycles. The van der Waals surface area contributed by atoms with E-state index in [-0.39, 0.29) is 24.0 Å². The van der Waals surface area contributed by atoms with Crippen LogP contribution in [0, 0.1) is 0 Å². The molecule has 2 aromatic carbocycles. The van der Waals surface area contributed by atoms with Gasteiger partial charge in [-0.05, 0) is 36.8 Å². The highest BCUT2D eigenvalue weighted by atomic mass is 127. The lowest BCUT2D eigenvalue weighted by Crippen LogP contribution is -2.36. The molecule has 0 unspecified atom stereocenters. The van der Waals surface area contributed by atoms with E-state index in [0.29, 0.717) is 19.0 Å². The molecule has 0 atom stereocenters. The van der Waals surface area contributed by atoms with Gasteiger partial charge < -0.3 is 19.8 Å². The van der Waals surface area contributed by atoms with E-state index < -0.39 is 0 Å². The zero-order chi connectivity index (χ0) is 18.9. The zero-order valence-corrected chi connectivity index (χ0v) is 18.3. The second-order valence-electron chi connectivity index (χ2n) is 5.91. The van der Waals surface area contributed by atoms with E-state index in [9.17, 15) is 0 Å². The molecule has 0 bridgehead atoms. The van der Waals surface area contributed by atoms with Gasteiger partial charge in [0.25, 0.3) is 0 Å². The summed E-state index contributed by atoms with van der Waals surface area (Å²) in [6.45, 7) is 3.93. The summed E-state index contributed by atoms with van der Waals surface area (Å²) in [5.41, 5.74) is 2.90. The van der Waals surface area contributed by atoms with Crippen LogP contribution < -0.4 is 15.4 Å². The molecular formula is C21H25IN4O2. The quantitative estimate of drug-likeness (QED) is 0.294. The molecule has 3 rings (SSSR count). The second-order valence-corrected chi connectivity index (χ2v) is 5.91. The first kappa shape index (κ1) is 21.7. The Morgan fingerprint density at radius 2 is 1.82 bits per heavy atom. The lowest BCUT2D eigenvalue weighted by atomic mass is 10.2. The second kappa shape index (κ2) is 11.3. The number of methoxy groups -OCH3 is 1. The van der Waals surface area contributed by atoms with Crippen LogP contribution in [0.5, 0.6) is 5.75 Å². The first-order valence-corrected chi connectivity index (χ1v) is 8.93. The number of ether oxygens (including phenoxy) is 1. The average Bonchev–Trinajstić information content (AvgIpc) is 3.20. The van der Waals surface area contributed by atoms with Gasteiger partial charge in [-0.3, -0.25) is 0 Å². The number of hydrogen-bond donors (Lipinski definition) is 2. The van der Waals surface area contributed by atoms with Crippen molar-refractivity contribution in [3.8, 4) is 17.2 Å².